The Kier molecular flexibility index (Phi) is 6.35. The first-order valence-electron chi connectivity index (χ1n) is 8.69. The molecule has 25 heavy (non-hydrogen) atoms. The molecule has 1 heterocycles. The van der Waals surface area contributed by atoms with Gasteiger partial charge in [-0.15, -0.1) is 0 Å². The van der Waals surface area contributed by atoms with Gasteiger partial charge in [0.05, 0.1) is 10.0 Å². The number of anilines is 1. The minimum atomic E-state index is -0.195. The predicted molar refractivity (Wildman–Crippen MR) is 105 cm³/mol. The molecule has 5 heteroatoms. The highest BCUT2D eigenvalue weighted by Gasteiger charge is 2.10. The molecule has 1 saturated heterocycles. The Morgan fingerprint density at radius 1 is 0.960 bits per heavy atom. The van der Waals surface area contributed by atoms with Crippen LogP contribution in [-0.2, 0) is 6.42 Å². The van der Waals surface area contributed by atoms with Gasteiger partial charge in [0.2, 0.25) is 0 Å². The molecule has 1 aliphatic rings. The zero-order valence-electron chi connectivity index (χ0n) is 14.1. The highest BCUT2D eigenvalue weighted by atomic mass is 35.5. The van der Waals surface area contributed by atoms with Crippen LogP contribution in [0.5, 0.6) is 0 Å². The molecule has 132 valence electrons. The summed E-state index contributed by atoms with van der Waals surface area (Å²) >= 11 is 11.8. The fraction of sp³-hybridized carbons (Fsp3) is 0.350. The summed E-state index contributed by atoms with van der Waals surface area (Å²) in [5.74, 6) is -0.195. The van der Waals surface area contributed by atoms with E-state index >= 15 is 0 Å². The van der Waals surface area contributed by atoms with E-state index in [1.165, 1.54) is 37.9 Å². The van der Waals surface area contributed by atoms with Crippen molar-refractivity contribution in [1.82, 2.24) is 4.90 Å². The molecule has 1 aliphatic heterocycles. The standard InChI is InChI=1S/C20H22Cl2N2O/c21-18-9-6-16(14-19(18)22)20(25)23-17-7-4-15(5-8-17)10-13-24-11-2-1-3-12-24/h4-9,14H,1-3,10-13H2,(H,23,25). The number of amides is 1. The number of likely N-dealkylation sites (tertiary alicyclic amines) is 1. The number of carbonyl (C=O) groups excluding carboxylic acids is 1. The van der Waals surface area contributed by atoms with Gasteiger partial charge in [0, 0.05) is 17.8 Å². The topological polar surface area (TPSA) is 32.3 Å². The van der Waals surface area contributed by atoms with Gasteiger partial charge in [-0.1, -0.05) is 41.8 Å². The van der Waals surface area contributed by atoms with E-state index in [-0.39, 0.29) is 5.91 Å². The second-order valence-corrected chi connectivity index (χ2v) is 7.25. The third-order valence-electron chi connectivity index (χ3n) is 4.56. The van der Waals surface area contributed by atoms with Gasteiger partial charge in [-0.3, -0.25) is 4.79 Å². The fourth-order valence-corrected chi connectivity index (χ4v) is 3.36. The molecule has 0 aliphatic carbocycles. The van der Waals surface area contributed by atoms with E-state index in [1.807, 2.05) is 12.1 Å². The predicted octanol–water partition coefficient (Wildman–Crippen LogP) is 5.27. The molecule has 0 bridgehead atoms. The molecule has 0 aromatic heterocycles. The van der Waals surface area contributed by atoms with Crippen molar-refractivity contribution in [2.24, 2.45) is 0 Å². The van der Waals surface area contributed by atoms with E-state index in [0.717, 1.165) is 18.7 Å². The van der Waals surface area contributed by atoms with Gasteiger partial charge >= 0.3 is 0 Å². The molecule has 0 saturated carbocycles. The van der Waals surface area contributed by atoms with E-state index in [1.54, 1.807) is 18.2 Å². The first-order chi connectivity index (χ1) is 12.1. The number of carbonyl (C=O) groups is 1. The van der Waals surface area contributed by atoms with Crippen LogP contribution in [0.25, 0.3) is 0 Å². The van der Waals surface area contributed by atoms with E-state index in [0.29, 0.717) is 15.6 Å². The van der Waals surface area contributed by atoms with Crippen LogP contribution in [0.3, 0.4) is 0 Å². The Labute approximate surface area is 158 Å². The lowest BCUT2D eigenvalue weighted by Crippen LogP contribution is -2.31. The molecular formula is C20H22Cl2N2O. The SMILES string of the molecule is O=C(Nc1ccc(CCN2CCCCC2)cc1)c1ccc(Cl)c(Cl)c1. The maximum atomic E-state index is 12.3. The monoisotopic (exact) mass is 376 g/mol. The summed E-state index contributed by atoms with van der Waals surface area (Å²) in [4.78, 5) is 14.8. The summed E-state index contributed by atoms with van der Waals surface area (Å²) in [6, 6.07) is 12.9. The second-order valence-electron chi connectivity index (χ2n) is 6.43. The van der Waals surface area contributed by atoms with Crippen LogP contribution in [0.2, 0.25) is 10.0 Å². The van der Waals surface area contributed by atoms with E-state index in [9.17, 15) is 4.79 Å². The summed E-state index contributed by atoms with van der Waals surface area (Å²) in [7, 11) is 0. The smallest absolute Gasteiger partial charge is 0.255 e. The second kappa shape index (κ2) is 8.70. The van der Waals surface area contributed by atoms with E-state index in [2.05, 4.69) is 22.3 Å². The third-order valence-corrected chi connectivity index (χ3v) is 5.30. The maximum Gasteiger partial charge on any atom is 0.255 e. The van der Waals surface area contributed by atoms with Crippen molar-refractivity contribution < 1.29 is 4.79 Å². The van der Waals surface area contributed by atoms with Crippen LogP contribution in [0.4, 0.5) is 5.69 Å². The maximum absolute atomic E-state index is 12.3. The first-order valence-corrected chi connectivity index (χ1v) is 9.45. The van der Waals surface area contributed by atoms with Gasteiger partial charge < -0.3 is 10.2 Å². The lowest BCUT2D eigenvalue weighted by Gasteiger charge is -2.26. The lowest BCUT2D eigenvalue weighted by atomic mass is 10.1. The van der Waals surface area contributed by atoms with Gasteiger partial charge in [0.1, 0.15) is 0 Å². The van der Waals surface area contributed by atoms with Gasteiger partial charge in [0.15, 0.2) is 0 Å². The summed E-state index contributed by atoms with van der Waals surface area (Å²) in [5.41, 5.74) is 2.56. The summed E-state index contributed by atoms with van der Waals surface area (Å²) < 4.78 is 0. The largest absolute Gasteiger partial charge is 0.322 e. The Morgan fingerprint density at radius 2 is 1.68 bits per heavy atom. The van der Waals surface area contributed by atoms with Crippen molar-refractivity contribution in [3.8, 4) is 0 Å². The van der Waals surface area contributed by atoms with Gasteiger partial charge in [-0.25, -0.2) is 0 Å². The van der Waals surface area contributed by atoms with Crippen molar-refractivity contribution in [3.05, 3.63) is 63.6 Å². The van der Waals surface area contributed by atoms with Gasteiger partial charge in [0.25, 0.3) is 5.91 Å². The number of benzene rings is 2. The third kappa shape index (κ3) is 5.21. The number of nitrogens with one attached hydrogen (secondary N) is 1. The zero-order chi connectivity index (χ0) is 17.6. The molecule has 1 amide bonds. The molecule has 3 rings (SSSR count). The van der Waals surface area contributed by atoms with Crippen LogP contribution < -0.4 is 5.32 Å². The molecule has 1 N–H and O–H groups in total. The average molecular weight is 377 g/mol. The Bertz CT molecular complexity index is 725. The minimum absolute atomic E-state index is 0.195. The number of hydrogen-bond acceptors (Lipinski definition) is 2. The Morgan fingerprint density at radius 3 is 2.36 bits per heavy atom. The molecule has 0 unspecified atom stereocenters. The average Bonchev–Trinajstić information content (AvgIpc) is 2.64. The highest BCUT2D eigenvalue weighted by molar-refractivity contribution is 6.42. The van der Waals surface area contributed by atoms with Crippen LogP contribution in [0, 0.1) is 0 Å². The fourth-order valence-electron chi connectivity index (χ4n) is 3.07. The molecule has 0 radical (unpaired) electrons. The molecule has 0 spiro atoms. The lowest BCUT2D eigenvalue weighted by molar-refractivity contribution is 0.102. The number of rotatable bonds is 5. The van der Waals surface area contributed by atoms with Crippen LogP contribution in [-0.4, -0.2) is 30.4 Å². The zero-order valence-corrected chi connectivity index (χ0v) is 15.6. The van der Waals surface area contributed by atoms with Gasteiger partial charge in [-0.05, 0) is 68.2 Å². The summed E-state index contributed by atoms with van der Waals surface area (Å²) in [6.07, 6.45) is 5.05. The molecular weight excluding hydrogens is 355 g/mol. The number of halogens is 2. The number of piperidine rings is 1. The molecule has 3 nitrogen and oxygen atoms in total. The van der Waals surface area contributed by atoms with Crippen LogP contribution in [0.15, 0.2) is 42.5 Å². The molecule has 2 aromatic carbocycles. The van der Waals surface area contributed by atoms with E-state index in [4.69, 9.17) is 23.2 Å². The summed E-state index contributed by atoms with van der Waals surface area (Å²) in [5, 5.41) is 3.70. The normalized spacial score (nSPS) is 15.1. The summed E-state index contributed by atoms with van der Waals surface area (Å²) in [6.45, 7) is 3.55. The van der Waals surface area contributed by atoms with Gasteiger partial charge in [-0.2, -0.15) is 0 Å². The van der Waals surface area contributed by atoms with Crippen LogP contribution in [0.1, 0.15) is 35.2 Å². The number of hydrogen-bond donors (Lipinski definition) is 1. The Balaban J connectivity index is 1.54. The molecule has 0 atom stereocenters. The van der Waals surface area contributed by atoms with Crippen molar-refractivity contribution in [2.75, 3.05) is 25.0 Å². The Hall–Kier alpha value is -1.55. The van der Waals surface area contributed by atoms with E-state index < -0.39 is 0 Å². The molecule has 2 aromatic rings. The number of nitrogens with zero attached hydrogens (tertiary/aromatic N) is 1. The quantitative estimate of drug-likeness (QED) is 0.770. The van der Waals surface area contributed by atoms with Crippen LogP contribution >= 0.6 is 23.2 Å². The van der Waals surface area contributed by atoms with Crippen molar-refractivity contribution in [3.63, 3.8) is 0 Å². The van der Waals surface area contributed by atoms with Crippen molar-refractivity contribution in [2.45, 2.75) is 25.7 Å². The minimum Gasteiger partial charge on any atom is -0.322 e. The highest BCUT2D eigenvalue weighted by Crippen LogP contribution is 2.23. The van der Waals surface area contributed by atoms with Crippen molar-refractivity contribution >= 4 is 34.8 Å². The molecule has 1 fully saturated rings. The van der Waals surface area contributed by atoms with Crippen molar-refractivity contribution in [1.29, 1.82) is 0 Å². The first kappa shape index (κ1) is 18.2.